The van der Waals surface area contributed by atoms with Gasteiger partial charge in [-0.25, -0.2) is 0 Å². The van der Waals surface area contributed by atoms with E-state index in [2.05, 4.69) is 15.6 Å². The second-order valence-electron chi connectivity index (χ2n) is 5.44. The summed E-state index contributed by atoms with van der Waals surface area (Å²) in [6.45, 7) is 3.77. The third-order valence-electron chi connectivity index (χ3n) is 3.70. The second-order valence-corrected chi connectivity index (χ2v) is 6.82. The number of pyridine rings is 1. The molecule has 2 heterocycles. The summed E-state index contributed by atoms with van der Waals surface area (Å²) >= 11 is 1.50. The molecule has 0 saturated carbocycles. The molecule has 1 aromatic heterocycles. The Morgan fingerprint density at radius 2 is 2.22 bits per heavy atom. The average Bonchev–Trinajstić information content (AvgIpc) is 2.56. The quantitative estimate of drug-likeness (QED) is 0.909. The van der Waals surface area contributed by atoms with Crippen molar-refractivity contribution in [1.82, 2.24) is 10.3 Å². The van der Waals surface area contributed by atoms with Crippen molar-refractivity contribution >= 4 is 29.3 Å². The molecular weight excluding hydrogens is 310 g/mol. The van der Waals surface area contributed by atoms with E-state index in [-0.39, 0.29) is 23.1 Å². The number of anilines is 1. The minimum absolute atomic E-state index is 0.0382. The van der Waals surface area contributed by atoms with Crippen LogP contribution in [-0.4, -0.2) is 22.0 Å². The van der Waals surface area contributed by atoms with E-state index in [1.54, 1.807) is 24.5 Å². The molecule has 0 fully saturated rings. The highest BCUT2D eigenvalue weighted by molar-refractivity contribution is 8.00. The molecule has 0 radical (unpaired) electrons. The molecule has 1 aliphatic heterocycles. The Kier molecular flexibility index (Phi) is 4.34. The van der Waals surface area contributed by atoms with E-state index in [1.165, 1.54) is 11.8 Å². The summed E-state index contributed by atoms with van der Waals surface area (Å²) in [5, 5.41) is 5.66. The van der Waals surface area contributed by atoms with Gasteiger partial charge in [0.1, 0.15) is 0 Å². The van der Waals surface area contributed by atoms with Crippen LogP contribution in [0.2, 0.25) is 0 Å². The highest BCUT2D eigenvalue weighted by Gasteiger charge is 2.24. The molecule has 2 N–H and O–H groups in total. The minimum atomic E-state index is -0.179. The van der Waals surface area contributed by atoms with E-state index in [9.17, 15) is 9.59 Å². The Labute approximate surface area is 138 Å². The Hall–Kier alpha value is -2.34. The first-order valence-corrected chi connectivity index (χ1v) is 8.25. The van der Waals surface area contributed by atoms with Gasteiger partial charge in [-0.15, -0.1) is 11.8 Å². The van der Waals surface area contributed by atoms with Crippen LogP contribution in [0.15, 0.2) is 47.6 Å². The molecule has 2 unspecified atom stereocenters. The zero-order valence-corrected chi connectivity index (χ0v) is 13.7. The van der Waals surface area contributed by atoms with E-state index in [4.69, 9.17) is 0 Å². The van der Waals surface area contributed by atoms with Gasteiger partial charge in [0.25, 0.3) is 5.91 Å². The third kappa shape index (κ3) is 3.37. The summed E-state index contributed by atoms with van der Waals surface area (Å²) in [5.74, 6) is -0.217. The summed E-state index contributed by atoms with van der Waals surface area (Å²) in [4.78, 5) is 29.2. The predicted octanol–water partition coefficient (Wildman–Crippen LogP) is 3.01. The largest absolute Gasteiger partial charge is 0.345 e. The van der Waals surface area contributed by atoms with Crippen LogP contribution in [0.4, 0.5) is 5.69 Å². The Balaban J connectivity index is 1.76. The maximum atomic E-state index is 12.4. The average molecular weight is 327 g/mol. The van der Waals surface area contributed by atoms with Gasteiger partial charge in [-0.3, -0.25) is 14.6 Å². The third-order valence-corrected chi connectivity index (χ3v) is 4.88. The van der Waals surface area contributed by atoms with Gasteiger partial charge in [-0.05, 0) is 43.7 Å². The summed E-state index contributed by atoms with van der Waals surface area (Å²) in [6, 6.07) is 8.99. The van der Waals surface area contributed by atoms with Crippen molar-refractivity contribution in [3.8, 4) is 0 Å². The molecule has 0 spiro atoms. The highest BCUT2D eigenvalue weighted by atomic mass is 32.2. The molecule has 0 bridgehead atoms. The number of carbonyl (C=O) groups excluding carboxylic acids is 2. The topological polar surface area (TPSA) is 71.1 Å². The van der Waals surface area contributed by atoms with Crippen LogP contribution >= 0.6 is 11.8 Å². The number of aromatic nitrogens is 1. The molecular formula is C17H17N3O2S. The summed E-state index contributed by atoms with van der Waals surface area (Å²) < 4.78 is 0. The monoisotopic (exact) mass is 327 g/mol. The molecule has 6 heteroatoms. The molecule has 2 aromatic rings. The fourth-order valence-electron chi connectivity index (χ4n) is 2.35. The van der Waals surface area contributed by atoms with Gasteiger partial charge in [0.05, 0.1) is 17.0 Å². The molecule has 1 aliphatic rings. The number of nitrogens with one attached hydrogen (secondary N) is 2. The van der Waals surface area contributed by atoms with Crippen molar-refractivity contribution in [1.29, 1.82) is 0 Å². The van der Waals surface area contributed by atoms with Crippen molar-refractivity contribution in [2.24, 2.45) is 0 Å². The summed E-state index contributed by atoms with van der Waals surface area (Å²) in [6.07, 6.45) is 3.43. The van der Waals surface area contributed by atoms with Crippen LogP contribution in [0, 0.1) is 0 Å². The van der Waals surface area contributed by atoms with Crippen LogP contribution < -0.4 is 10.6 Å². The van der Waals surface area contributed by atoms with Crippen LogP contribution in [0.3, 0.4) is 0 Å². The first kappa shape index (κ1) is 15.6. The number of benzene rings is 1. The summed E-state index contributed by atoms with van der Waals surface area (Å²) in [7, 11) is 0. The van der Waals surface area contributed by atoms with Crippen molar-refractivity contribution in [2.45, 2.75) is 30.0 Å². The normalized spacial score (nSPS) is 17.8. The fraction of sp³-hybridized carbons (Fsp3) is 0.235. The number of thioether (sulfide) groups is 1. The number of carbonyl (C=O) groups is 2. The first-order chi connectivity index (χ1) is 11.0. The van der Waals surface area contributed by atoms with Crippen LogP contribution in [0.1, 0.15) is 35.8 Å². The van der Waals surface area contributed by atoms with Gasteiger partial charge < -0.3 is 10.6 Å². The van der Waals surface area contributed by atoms with Crippen molar-refractivity contribution < 1.29 is 9.59 Å². The maximum absolute atomic E-state index is 12.4. The van der Waals surface area contributed by atoms with Gasteiger partial charge in [0.2, 0.25) is 5.91 Å². The van der Waals surface area contributed by atoms with E-state index in [0.29, 0.717) is 11.3 Å². The Morgan fingerprint density at radius 1 is 1.39 bits per heavy atom. The minimum Gasteiger partial charge on any atom is -0.345 e. The van der Waals surface area contributed by atoms with Gasteiger partial charge in [-0.1, -0.05) is 6.07 Å². The number of nitrogens with zero attached hydrogens (tertiary/aromatic N) is 1. The molecule has 3 rings (SSSR count). The molecule has 0 saturated heterocycles. The molecule has 118 valence electrons. The van der Waals surface area contributed by atoms with Gasteiger partial charge in [0, 0.05) is 22.9 Å². The SMILES string of the molecule is CC1Sc2ccc(C(=O)NC(C)c3cccnc3)cc2NC1=O. The fourth-order valence-corrected chi connectivity index (χ4v) is 3.28. The first-order valence-electron chi connectivity index (χ1n) is 7.37. The van der Waals surface area contributed by atoms with Gasteiger partial charge >= 0.3 is 0 Å². The number of fused-ring (bicyclic) bond motifs is 1. The van der Waals surface area contributed by atoms with Crippen molar-refractivity contribution in [2.75, 3.05) is 5.32 Å². The Morgan fingerprint density at radius 3 is 2.96 bits per heavy atom. The maximum Gasteiger partial charge on any atom is 0.251 e. The number of rotatable bonds is 3. The number of hydrogen-bond acceptors (Lipinski definition) is 4. The van der Waals surface area contributed by atoms with Crippen molar-refractivity contribution in [3.63, 3.8) is 0 Å². The molecule has 2 amide bonds. The van der Waals surface area contributed by atoms with Crippen LogP contribution in [-0.2, 0) is 4.79 Å². The molecule has 23 heavy (non-hydrogen) atoms. The van der Waals surface area contributed by atoms with Crippen LogP contribution in [0.5, 0.6) is 0 Å². The zero-order chi connectivity index (χ0) is 16.4. The van der Waals surface area contributed by atoms with Gasteiger partial charge in [0.15, 0.2) is 0 Å². The van der Waals surface area contributed by atoms with E-state index in [0.717, 1.165) is 10.5 Å². The molecule has 5 nitrogen and oxygen atoms in total. The highest BCUT2D eigenvalue weighted by Crippen LogP contribution is 2.35. The predicted molar refractivity (Wildman–Crippen MR) is 90.5 cm³/mol. The summed E-state index contributed by atoms with van der Waals surface area (Å²) in [5.41, 5.74) is 2.16. The van der Waals surface area contributed by atoms with E-state index >= 15 is 0 Å². The zero-order valence-electron chi connectivity index (χ0n) is 12.9. The molecule has 1 aromatic carbocycles. The van der Waals surface area contributed by atoms with E-state index in [1.807, 2.05) is 32.0 Å². The Bertz CT molecular complexity index is 749. The second kappa shape index (κ2) is 6.42. The standard InChI is InChI=1S/C17H17N3O2S/c1-10(13-4-3-7-18-9-13)19-17(22)12-5-6-15-14(8-12)20-16(21)11(2)23-15/h3-11H,1-2H3,(H,19,22)(H,20,21). The lowest BCUT2D eigenvalue weighted by atomic mass is 10.1. The molecule has 2 atom stereocenters. The smallest absolute Gasteiger partial charge is 0.251 e. The lowest BCUT2D eigenvalue weighted by Crippen LogP contribution is -2.28. The lowest BCUT2D eigenvalue weighted by Gasteiger charge is -2.22. The van der Waals surface area contributed by atoms with Crippen molar-refractivity contribution in [3.05, 3.63) is 53.9 Å². The van der Waals surface area contributed by atoms with E-state index < -0.39 is 0 Å². The molecule has 0 aliphatic carbocycles. The lowest BCUT2D eigenvalue weighted by molar-refractivity contribution is -0.115. The number of amides is 2. The van der Waals surface area contributed by atoms with Gasteiger partial charge in [-0.2, -0.15) is 0 Å². The number of hydrogen-bond donors (Lipinski definition) is 2. The van der Waals surface area contributed by atoms with Crippen LogP contribution in [0.25, 0.3) is 0 Å².